The highest BCUT2D eigenvalue weighted by atomic mass is 35.5. The van der Waals surface area contributed by atoms with Gasteiger partial charge in [0, 0.05) is 17.0 Å². The van der Waals surface area contributed by atoms with Gasteiger partial charge in [-0.05, 0) is 70.7 Å². The maximum absolute atomic E-state index is 13.1. The molecule has 1 amide bonds. The van der Waals surface area contributed by atoms with Gasteiger partial charge < -0.3 is 10.1 Å². The Hall–Kier alpha value is -2.55. The molecule has 3 rings (SSSR count). The molecular formula is C23H27ClF3N3O3. The molecule has 1 heterocycles. The fourth-order valence-electron chi connectivity index (χ4n) is 3.92. The van der Waals surface area contributed by atoms with E-state index in [1.54, 1.807) is 45.0 Å². The van der Waals surface area contributed by atoms with Gasteiger partial charge in [-0.25, -0.2) is 9.78 Å². The summed E-state index contributed by atoms with van der Waals surface area (Å²) in [7, 11) is 0. The highest BCUT2D eigenvalue weighted by molar-refractivity contribution is 6.30. The van der Waals surface area contributed by atoms with E-state index in [0.29, 0.717) is 22.2 Å². The summed E-state index contributed by atoms with van der Waals surface area (Å²) in [5.41, 5.74) is -0.237. The molecule has 33 heavy (non-hydrogen) atoms. The molecule has 10 heteroatoms. The number of ether oxygens (including phenoxy) is 1. The zero-order valence-corrected chi connectivity index (χ0v) is 19.5. The number of nitrogens with zero attached hydrogens (tertiary/aromatic N) is 2. The van der Waals surface area contributed by atoms with Gasteiger partial charge in [0.25, 0.3) is 5.56 Å². The number of hydrogen-bond acceptors (Lipinski definition) is 4. The van der Waals surface area contributed by atoms with Crippen LogP contribution in [0.1, 0.15) is 63.9 Å². The maximum atomic E-state index is 13.1. The van der Waals surface area contributed by atoms with Gasteiger partial charge in [0.15, 0.2) is 0 Å². The molecular weight excluding hydrogens is 459 g/mol. The van der Waals surface area contributed by atoms with E-state index in [2.05, 4.69) is 10.3 Å². The van der Waals surface area contributed by atoms with Crippen molar-refractivity contribution in [2.75, 3.05) is 0 Å². The summed E-state index contributed by atoms with van der Waals surface area (Å²) in [6, 6.07) is 7.89. The smallest absolute Gasteiger partial charge is 0.407 e. The van der Waals surface area contributed by atoms with Gasteiger partial charge in [0.05, 0.1) is 23.8 Å². The zero-order valence-electron chi connectivity index (χ0n) is 18.7. The van der Waals surface area contributed by atoms with Gasteiger partial charge in [-0.15, -0.1) is 0 Å². The number of carbonyl (C=O) groups is 1. The number of aromatic nitrogens is 2. The lowest BCUT2D eigenvalue weighted by molar-refractivity contribution is -0.182. The van der Waals surface area contributed by atoms with Crippen LogP contribution in [0.5, 0.6) is 0 Å². The van der Waals surface area contributed by atoms with Crippen LogP contribution in [-0.2, 0) is 11.3 Å². The number of halogens is 4. The predicted molar refractivity (Wildman–Crippen MR) is 119 cm³/mol. The maximum Gasteiger partial charge on any atom is 0.407 e. The molecule has 1 fully saturated rings. The molecule has 180 valence electrons. The number of carbonyl (C=O) groups excluding carboxylic acids is 1. The highest BCUT2D eigenvalue weighted by Gasteiger charge is 2.42. The van der Waals surface area contributed by atoms with Crippen LogP contribution in [0.4, 0.5) is 18.0 Å². The third kappa shape index (κ3) is 6.72. The van der Waals surface area contributed by atoms with Gasteiger partial charge in [0.2, 0.25) is 0 Å². The quantitative estimate of drug-likeness (QED) is 0.598. The van der Waals surface area contributed by atoms with E-state index in [1.807, 2.05) is 0 Å². The molecule has 0 unspecified atom stereocenters. The van der Waals surface area contributed by atoms with Crippen LogP contribution in [0.2, 0.25) is 5.02 Å². The second-order valence-corrected chi connectivity index (χ2v) is 9.64. The molecule has 6 nitrogen and oxygen atoms in total. The lowest BCUT2D eigenvalue weighted by Gasteiger charge is -2.30. The van der Waals surface area contributed by atoms with Crippen molar-refractivity contribution in [1.82, 2.24) is 14.9 Å². The van der Waals surface area contributed by atoms with Crippen LogP contribution in [0, 0.1) is 5.92 Å². The monoisotopic (exact) mass is 485 g/mol. The Morgan fingerprint density at radius 3 is 2.30 bits per heavy atom. The average molecular weight is 486 g/mol. The van der Waals surface area contributed by atoms with Gasteiger partial charge in [0.1, 0.15) is 11.4 Å². The van der Waals surface area contributed by atoms with E-state index in [0.717, 1.165) is 0 Å². The summed E-state index contributed by atoms with van der Waals surface area (Å²) >= 11 is 5.97. The van der Waals surface area contributed by atoms with E-state index < -0.39 is 23.8 Å². The van der Waals surface area contributed by atoms with E-state index in [4.69, 9.17) is 16.3 Å². The van der Waals surface area contributed by atoms with Crippen LogP contribution in [0.3, 0.4) is 0 Å². The van der Waals surface area contributed by atoms with Crippen molar-refractivity contribution in [3.05, 3.63) is 57.2 Å². The first-order chi connectivity index (χ1) is 15.3. The topological polar surface area (TPSA) is 73.2 Å². The average Bonchev–Trinajstić information content (AvgIpc) is 2.71. The lowest BCUT2D eigenvalue weighted by Crippen LogP contribution is -2.34. The number of alkyl halides is 3. The molecule has 0 radical (unpaired) electrons. The normalized spacial score (nSPS) is 19.2. The molecule has 0 atom stereocenters. The molecule has 1 N–H and O–H groups in total. The summed E-state index contributed by atoms with van der Waals surface area (Å²) in [6.07, 6.45) is -4.41. The van der Waals surface area contributed by atoms with Gasteiger partial charge >= 0.3 is 12.3 Å². The minimum atomic E-state index is -4.23. The first kappa shape index (κ1) is 25.1. The van der Waals surface area contributed by atoms with Crippen molar-refractivity contribution in [2.24, 2.45) is 5.92 Å². The predicted octanol–water partition coefficient (Wildman–Crippen LogP) is 5.75. The van der Waals surface area contributed by atoms with Crippen LogP contribution in [-0.4, -0.2) is 27.4 Å². The minimum absolute atomic E-state index is 0.0228. The molecule has 1 saturated carbocycles. The first-order valence-electron chi connectivity index (χ1n) is 10.8. The van der Waals surface area contributed by atoms with E-state index >= 15 is 0 Å². The summed E-state index contributed by atoms with van der Waals surface area (Å²) in [5.74, 6) is -1.29. The fraction of sp³-hybridized carbons (Fsp3) is 0.522. The summed E-state index contributed by atoms with van der Waals surface area (Å²) in [4.78, 5) is 29.6. The minimum Gasteiger partial charge on any atom is -0.444 e. The SMILES string of the molecule is CC(C)(C)OC(=O)NCc1cc(=O)n(-c2ccc(Cl)cc2)c(C2CCC(C(F)(F)F)CC2)n1. The van der Waals surface area contributed by atoms with Crippen LogP contribution in [0.25, 0.3) is 5.69 Å². The Labute approximate surface area is 195 Å². The van der Waals surface area contributed by atoms with Gasteiger partial charge in [-0.2, -0.15) is 13.2 Å². The second-order valence-electron chi connectivity index (χ2n) is 9.20. The van der Waals surface area contributed by atoms with Crippen LogP contribution >= 0.6 is 11.6 Å². The van der Waals surface area contributed by atoms with Crippen LogP contribution < -0.4 is 10.9 Å². The van der Waals surface area contributed by atoms with Crippen molar-refractivity contribution in [3.8, 4) is 5.69 Å². The molecule has 2 aromatic rings. The number of amides is 1. The molecule has 1 aromatic carbocycles. The van der Waals surface area contributed by atoms with Crippen molar-refractivity contribution in [3.63, 3.8) is 0 Å². The van der Waals surface area contributed by atoms with E-state index in [9.17, 15) is 22.8 Å². The number of alkyl carbamates (subject to hydrolysis) is 1. The van der Waals surface area contributed by atoms with Crippen LogP contribution in [0.15, 0.2) is 35.1 Å². The van der Waals surface area contributed by atoms with E-state index in [-0.39, 0.29) is 43.7 Å². The standard InChI is InChI=1S/C23H27ClF3N3O3/c1-22(2,3)33-21(32)28-13-17-12-19(31)30(18-10-8-16(24)9-11-18)20(29-17)14-4-6-15(7-5-14)23(25,26)27/h8-12,14-15H,4-7,13H2,1-3H3,(H,28,32). The highest BCUT2D eigenvalue weighted by Crippen LogP contribution is 2.42. The van der Waals surface area contributed by atoms with Gasteiger partial charge in [-0.3, -0.25) is 9.36 Å². The molecule has 1 aliphatic rings. The van der Waals surface area contributed by atoms with E-state index in [1.165, 1.54) is 10.6 Å². The molecule has 0 bridgehead atoms. The molecule has 1 aromatic heterocycles. The van der Waals surface area contributed by atoms with Gasteiger partial charge in [-0.1, -0.05) is 11.6 Å². The Balaban J connectivity index is 1.91. The number of nitrogens with one attached hydrogen (secondary N) is 1. The Morgan fingerprint density at radius 1 is 1.15 bits per heavy atom. The Morgan fingerprint density at radius 2 is 1.76 bits per heavy atom. The summed E-state index contributed by atoms with van der Waals surface area (Å²) in [6.45, 7) is 5.14. The Bertz CT molecular complexity index is 1040. The third-order valence-corrected chi connectivity index (χ3v) is 5.70. The fourth-order valence-corrected chi connectivity index (χ4v) is 4.05. The number of hydrogen-bond donors (Lipinski definition) is 1. The number of benzene rings is 1. The van der Waals surface area contributed by atoms with Crippen molar-refractivity contribution in [1.29, 1.82) is 0 Å². The van der Waals surface area contributed by atoms with Crippen molar-refractivity contribution in [2.45, 2.75) is 70.7 Å². The largest absolute Gasteiger partial charge is 0.444 e. The van der Waals surface area contributed by atoms with Crippen molar-refractivity contribution >= 4 is 17.7 Å². The molecule has 0 spiro atoms. The molecule has 0 saturated heterocycles. The lowest BCUT2D eigenvalue weighted by atomic mass is 9.81. The first-order valence-corrected chi connectivity index (χ1v) is 11.1. The molecule has 1 aliphatic carbocycles. The van der Waals surface area contributed by atoms with Crippen molar-refractivity contribution < 1.29 is 22.7 Å². The summed E-state index contributed by atoms with van der Waals surface area (Å²) in [5, 5.41) is 3.06. The second kappa shape index (κ2) is 9.75. The Kier molecular flexibility index (Phi) is 7.41. The molecule has 0 aliphatic heterocycles. The summed E-state index contributed by atoms with van der Waals surface area (Å²) < 4.78 is 46.0. The zero-order chi connectivity index (χ0) is 24.4. The third-order valence-electron chi connectivity index (χ3n) is 5.45. The number of rotatable bonds is 4.